The van der Waals surface area contributed by atoms with E-state index in [0.717, 1.165) is 18.6 Å². The van der Waals surface area contributed by atoms with E-state index in [9.17, 15) is 9.59 Å². The fourth-order valence-corrected chi connectivity index (χ4v) is 3.06. The van der Waals surface area contributed by atoms with Gasteiger partial charge in [-0.2, -0.15) is 0 Å². The monoisotopic (exact) mass is 289 g/mol. The van der Waals surface area contributed by atoms with Crippen molar-refractivity contribution in [2.45, 2.75) is 25.7 Å². The van der Waals surface area contributed by atoms with Gasteiger partial charge in [-0.25, -0.2) is 0 Å². The number of rotatable bonds is 4. The third-order valence-electron chi connectivity index (χ3n) is 4.32. The molecule has 3 rings (SSSR count). The van der Waals surface area contributed by atoms with E-state index in [1.54, 1.807) is 4.90 Å². The minimum atomic E-state index is -0.829. The first-order valence-corrected chi connectivity index (χ1v) is 7.38. The molecule has 1 amide bonds. The Morgan fingerprint density at radius 1 is 1.29 bits per heavy atom. The highest BCUT2D eigenvalue weighted by Gasteiger charge is 2.30. The Kier molecular flexibility index (Phi) is 3.82. The summed E-state index contributed by atoms with van der Waals surface area (Å²) in [6.07, 6.45) is 3.91. The molecule has 1 N–H and O–H groups in total. The highest BCUT2D eigenvalue weighted by atomic mass is 16.5. The Hall–Kier alpha value is -2.04. The Labute approximate surface area is 123 Å². The molecule has 1 saturated heterocycles. The van der Waals surface area contributed by atoms with Gasteiger partial charge in [0.15, 0.2) is 6.61 Å². The number of carboxylic acid groups (broad SMARTS) is 1. The second kappa shape index (κ2) is 5.76. The van der Waals surface area contributed by atoms with Crippen molar-refractivity contribution in [2.24, 2.45) is 5.92 Å². The summed E-state index contributed by atoms with van der Waals surface area (Å²) < 4.78 is 5.56. The number of fused-ring (bicyclic) bond motifs is 1. The van der Waals surface area contributed by atoms with E-state index < -0.39 is 11.9 Å². The lowest BCUT2D eigenvalue weighted by atomic mass is 10.1. The van der Waals surface area contributed by atoms with Gasteiger partial charge in [0.2, 0.25) is 0 Å². The van der Waals surface area contributed by atoms with Gasteiger partial charge < -0.3 is 14.7 Å². The van der Waals surface area contributed by atoms with Crippen LogP contribution in [0, 0.1) is 5.92 Å². The number of ether oxygens (including phenoxy) is 1. The molecule has 1 heterocycles. The zero-order valence-electron chi connectivity index (χ0n) is 11.9. The molecular weight excluding hydrogens is 270 g/mol. The first-order valence-electron chi connectivity index (χ1n) is 7.38. The van der Waals surface area contributed by atoms with Gasteiger partial charge in [-0.3, -0.25) is 9.59 Å². The zero-order valence-corrected chi connectivity index (χ0v) is 11.9. The number of carbonyl (C=O) groups is 2. The van der Waals surface area contributed by atoms with Crippen LogP contribution < -0.4 is 4.74 Å². The minimum Gasteiger partial charge on any atom is -0.484 e. The lowest BCUT2D eigenvalue weighted by molar-refractivity contribution is -0.141. The molecule has 1 fully saturated rings. The summed E-state index contributed by atoms with van der Waals surface area (Å²) in [7, 11) is 0. The summed E-state index contributed by atoms with van der Waals surface area (Å²) in [6, 6.07) is 5.99. The number of nitrogens with zero attached hydrogens (tertiary/aromatic N) is 1. The number of benzene rings is 1. The average Bonchev–Trinajstić information content (AvgIpc) is 3.12. The number of likely N-dealkylation sites (tertiary alicyclic amines) is 1. The molecular formula is C16H19NO4. The standard InChI is InChI=1S/C16H19NO4/c18-15(17-7-6-13(9-17)16(19)20)10-21-14-5-4-11-2-1-3-12(11)8-14/h4-5,8,13H,1-3,6-7,9-10H2,(H,19,20)/t13-/m0/s1. The lowest BCUT2D eigenvalue weighted by Gasteiger charge is -2.16. The number of aliphatic carboxylic acids is 1. The van der Waals surface area contributed by atoms with E-state index in [0.29, 0.717) is 19.5 Å². The lowest BCUT2D eigenvalue weighted by Crippen LogP contribution is -2.33. The van der Waals surface area contributed by atoms with Crippen molar-refractivity contribution in [3.63, 3.8) is 0 Å². The van der Waals surface area contributed by atoms with Gasteiger partial charge >= 0.3 is 5.97 Å². The summed E-state index contributed by atoms with van der Waals surface area (Å²) in [4.78, 5) is 24.5. The van der Waals surface area contributed by atoms with E-state index in [1.807, 2.05) is 12.1 Å². The van der Waals surface area contributed by atoms with Crippen LogP contribution in [0.1, 0.15) is 24.0 Å². The molecule has 0 saturated carbocycles. The van der Waals surface area contributed by atoms with Crippen molar-refractivity contribution in [2.75, 3.05) is 19.7 Å². The molecule has 1 aromatic carbocycles. The predicted molar refractivity (Wildman–Crippen MR) is 76.3 cm³/mol. The summed E-state index contributed by atoms with van der Waals surface area (Å²) in [5.41, 5.74) is 2.68. The smallest absolute Gasteiger partial charge is 0.308 e. The minimum absolute atomic E-state index is 0.0227. The van der Waals surface area contributed by atoms with Crippen LogP contribution in [0.2, 0.25) is 0 Å². The molecule has 0 spiro atoms. The molecule has 0 radical (unpaired) electrons. The Bertz CT molecular complexity index is 569. The van der Waals surface area contributed by atoms with Crippen LogP contribution >= 0.6 is 0 Å². The molecule has 21 heavy (non-hydrogen) atoms. The van der Waals surface area contributed by atoms with Crippen LogP contribution in [0.3, 0.4) is 0 Å². The fraction of sp³-hybridized carbons (Fsp3) is 0.500. The molecule has 0 unspecified atom stereocenters. The van der Waals surface area contributed by atoms with E-state index in [1.165, 1.54) is 17.5 Å². The fourth-order valence-electron chi connectivity index (χ4n) is 3.06. The maximum absolute atomic E-state index is 12.0. The number of amides is 1. The van der Waals surface area contributed by atoms with Crippen molar-refractivity contribution in [1.29, 1.82) is 0 Å². The van der Waals surface area contributed by atoms with Crippen LogP contribution in [0.15, 0.2) is 18.2 Å². The molecule has 5 heteroatoms. The number of hydrogen-bond donors (Lipinski definition) is 1. The van der Waals surface area contributed by atoms with Crippen LogP contribution in [-0.2, 0) is 22.4 Å². The molecule has 1 aliphatic carbocycles. The Balaban J connectivity index is 1.53. The summed E-state index contributed by atoms with van der Waals surface area (Å²) in [6.45, 7) is 0.774. The van der Waals surface area contributed by atoms with Crippen LogP contribution in [0.25, 0.3) is 0 Å². The second-order valence-electron chi connectivity index (χ2n) is 5.74. The molecule has 112 valence electrons. The van der Waals surface area contributed by atoms with Crippen LogP contribution in [-0.4, -0.2) is 41.6 Å². The molecule has 1 aromatic rings. The third kappa shape index (κ3) is 3.01. The normalized spacial score (nSPS) is 20.4. The summed E-state index contributed by atoms with van der Waals surface area (Å²) in [5, 5.41) is 8.94. The van der Waals surface area contributed by atoms with Crippen molar-refractivity contribution in [1.82, 2.24) is 4.90 Å². The maximum atomic E-state index is 12.0. The van der Waals surface area contributed by atoms with Crippen molar-refractivity contribution in [3.05, 3.63) is 29.3 Å². The van der Waals surface area contributed by atoms with E-state index in [4.69, 9.17) is 9.84 Å². The zero-order chi connectivity index (χ0) is 14.8. The van der Waals surface area contributed by atoms with E-state index in [-0.39, 0.29) is 12.5 Å². The topological polar surface area (TPSA) is 66.8 Å². The maximum Gasteiger partial charge on any atom is 0.308 e. The quantitative estimate of drug-likeness (QED) is 0.912. The first kappa shape index (κ1) is 13.9. The number of hydrogen-bond acceptors (Lipinski definition) is 3. The van der Waals surface area contributed by atoms with Crippen molar-refractivity contribution >= 4 is 11.9 Å². The van der Waals surface area contributed by atoms with Gasteiger partial charge in [0.25, 0.3) is 5.91 Å². The highest BCUT2D eigenvalue weighted by Crippen LogP contribution is 2.26. The number of carbonyl (C=O) groups excluding carboxylic acids is 1. The van der Waals surface area contributed by atoms with Crippen molar-refractivity contribution < 1.29 is 19.4 Å². The Morgan fingerprint density at radius 2 is 2.10 bits per heavy atom. The first-order chi connectivity index (χ1) is 10.1. The number of carboxylic acids is 1. The molecule has 1 aliphatic heterocycles. The van der Waals surface area contributed by atoms with Gasteiger partial charge in [0.1, 0.15) is 5.75 Å². The van der Waals surface area contributed by atoms with Gasteiger partial charge in [0.05, 0.1) is 5.92 Å². The van der Waals surface area contributed by atoms with Crippen molar-refractivity contribution in [3.8, 4) is 5.75 Å². The van der Waals surface area contributed by atoms with Gasteiger partial charge in [-0.1, -0.05) is 6.07 Å². The third-order valence-corrected chi connectivity index (χ3v) is 4.32. The molecule has 0 bridgehead atoms. The predicted octanol–water partition coefficient (Wildman–Crippen LogP) is 1.49. The second-order valence-corrected chi connectivity index (χ2v) is 5.74. The molecule has 5 nitrogen and oxygen atoms in total. The SMILES string of the molecule is O=C(O)[C@H]1CCN(C(=O)COc2ccc3c(c2)CCC3)C1. The average molecular weight is 289 g/mol. The van der Waals surface area contributed by atoms with E-state index >= 15 is 0 Å². The van der Waals surface area contributed by atoms with Gasteiger partial charge in [-0.15, -0.1) is 0 Å². The van der Waals surface area contributed by atoms with Crippen LogP contribution in [0.5, 0.6) is 5.75 Å². The summed E-state index contributed by atoms with van der Waals surface area (Å²) in [5.74, 6) is -0.684. The molecule has 1 atom stereocenters. The largest absolute Gasteiger partial charge is 0.484 e. The molecule has 2 aliphatic rings. The summed E-state index contributed by atoms with van der Waals surface area (Å²) >= 11 is 0. The van der Waals surface area contributed by atoms with Crippen LogP contribution in [0.4, 0.5) is 0 Å². The van der Waals surface area contributed by atoms with E-state index in [2.05, 4.69) is 6.07 Å². The van der Waals surface area contributed by atoms with Gasteiger partial charge in [-0.05, 0) is 48.9 Å². The van der Waals surface area contributed by atoms with Gasteiger partial charge in [0, 0.05) is 13.1 Å². The highest BCUT2D eigenvalue weighted by molar-refractivity contribution is 5.80. The number of aryl methyl sites for hydroxylation is 2. The Morgan fingerprint density at radius 3 is 2.86 bits per heavy atom. The molecule has 0 aromatic heterocycles.